The molecular formula is C22H25F2N3O4. The van der Waals surface area contributed by atoms with Crippen molar-refractivity contribution in [1.82, 2.24) is 5.32 Å². The van der Waals surface area contributed by atoms with E-state index in [1.165, 1.54) is 24.4 Å². The molecule has 2 rings (SSSR count). The molecular weight excluding hydrogens is 408 g/mol. The van der Waals surface area contributed by atoms with E-state index < -0.39 is 18.6 Å². The molecule has 1 amide bonds. The van der Waals surface area contributed by atoms with Gasteiger partial charge in [-0.2, -0.15) is 13.8 Å². The third-order valence-corrected chi connectivity index (χ3v) is 3.82. The molecule has 9 heteroatoms. The van der Waals surface area contributed by atoms with Crippen LogP contribution in [0.5, 0.6) is 11.5 Å². The van der Waals surface area contributed by atoms with Crippen LogP contribution in [0.3, 0.4) is 0 Å². The fraction of sp³-hybridized carbons (Fsp3) is 0.273. The first-order valence-corrected chi connectivity index (χ1v) is 9.48. The Morgan fingerprint density at radius 1 is 1.19 bits per heavy atom. The number of ether oxygens (including phenoxy) is 3. The quantitative estimate of drug-likeness (QED) is 0.416. The highest BCUT2D eigenvalue weighted by atomic mass is 19.3. The number of nitrogens with zero attached hydrogens (tertiary/aromatic N) is 1. The highest BCUT2D eigenvalue weighted by Gasteiger charge is 2.14. The number of hydrogen-bond donors (Lipinski definition) is 2. The number of alkyl halides is 2. The average Bonchev–Trinajstić information content (AvgIpc) is 2.75. The Labute approximate surface area is 179 Å². The van der Waals surface area contributed by atoms with Crippen molar-refractivity contribution in [3.63, 3.8) is 0 Å². The number of carbonyl (C=O) groups excluding carboxylic acids is 1. The van der Waals surface area contributed by atoms with Gasteiger partial charge in [0, 0.05) is 18.7 Å². The Hall–Kier alpha value is -3.46. The fourth-order valence-electron chi connectivity index (χ4n) is 2.45. The molecule has 0 radical (unpaired) electrons. The van der Waals surface area contributed by atoms with Crippen LogP contribution >= 0.6 is 0 Å². The second-order valence-electron chi connectivity index (χ2n) is 6.45. The molecule has 7 nitrogen and oxygen atoms in total. The van der Waals surface area contributed by atoms with Crippen LogP contribution in [0.2, 0.25) is 0 Å². The largest absolute Gasteiger partial charge is 0.489 e. The molecule has 0 fully saturated rings. The monoisotopic (exact) mass is 433 g/mol. The number of hydrogen-bond acceptors (Lipinski definition) is 5. The van der Waals surface area contributed by atoms with Crippen LogP contribution in [-0.2, 0) is 11.3 Å². The lowest BCUT2D eigenvalue weighted by atomic mass is 10.2. The van der Waals surface area contributed by atoms with Gasteiger partial charge in [0.1, 0.15) is 30.0 Å². The Balaban J connectivity index is 2.23. The summed E-state index contributed by atoms with van der Waals surface area (Å²) in [5.74, 6) is 0.00547. The summed E-state index contributed by atoms with van der Waals surface area (Å²) in [6.07, 6.45) is 2.29. The van der Waals surface area contributed by atoms with E-state index in [0.29, 0.717) is 5.75 Å². The molecule has 1 atom stereocenters. The van der Waals surface area contributed by atoms with E-state index >= 15 is 0 Å². The van der Waals surface area contributed by atoms with Gasteiger partial charge in [-0.1, -0.05) is 30.3 Å². The van der Waals surface area contributed by atoms with Crippen molar-refractivity contribution in [1.29, 1.82) is 0 Å². The summed E-state index contributed by atoms with van der Waals surface area (Å²) < 4.78 is 40.2. The molecule has 3 N–H and O–H groups in total. The number of aliphatic imine (C=N–C) groups is 1. The predicted molar refractivity (Wildman–Crippen MR) is 113 cm³/mol. The summed E-state index contributed by atoms with van der Waals surface area (Å²) in [5, 5.41) is 2.75. The van der Waals surface area contributed by atoms with Crippen molar-refractivity contribution in [3.05, 3.63) is 71.9 Å². The van der Waals surface area contributed by atoms with Gasteiger partial charge in [0.05, 0.1) is 6.61 Å². The molecule has 0 aliphatic heterocycles. The summed E-state index contributed by atoms with van der Waals surface area (Å²) in [6.45, 7) is -1.39. The number of nitrogens with two attached hydrogens (primary N) is 1. The number of halogens is 2. The van der Waals surface area contributed by atoms with Crippen molar-refractivity contribution < 1.29 is 27.8 Å². The molecule has 2 aromatic rings. The molecule has 0 unspecified atom stereocenters. The number of rotatable bonds is 11. The molecule has 166 valence electrons. The predicted octanol–water partition coefficient (Wildman–Crippen LogP) is 3.50. The Morgan fingerprint density at radius 2 is 1.90 bits per heavy atom. The minimum absolute atomic E-state index is 0.0103. The number of benzene rings is 2. The summed E-state index contributed by atoms with van der Waals surface area (Å²) in [7, 11) is 1.68. The van der Waals surface area contributed by atoms with E-state index in [-0.39, 0.29) is 30.4 Å². The minimum atomic E-state index is -2.90. The Kier molecular flexibility index (Phi) is 9.44. The molecule has 0 heterocycles. The van der Waals surface area contributed by atoms with Gasteiger partial charge in [-0.25, -0.2) is 0 Å². The molecule has 0 saturated carbocycles. The van der Waals surface area contributed by atoms with Crippen LogP contribution in [0, 0.1) is 0 Å². The third kappa shape index (κ3) is 8.83. The Morgan fingerprint density at radius 3 is 2.58 bits per heavy atom. The highest BCUT2D eigenvalue weighted by molar-refractivity contribution is 6.06. The van der Waals surface area contributed by atoms with Crippen molar-refractivity contribution in [3.8, 4) is 11.5 Å². The zero-order chi connectivity index (χ0) is 22.6. The lowest BCUT2D eigenvalue weighted by Crippen LogP contribution is -2.21. The maximum atomic E-state index is 12.5. The van der Waals surface area contributed by atoms with E-state index in [1.54, 1.807) is 20.0 Å². The molecule has 2 aromatic carbocycles. The second kappa shape index (κ2) is 12.3. The zero-order valence-corrected chi connectivity index (χ0v) is 17.3. The molecule has 0 aliphatic carbocycles. The lowest BCUT2D eigenvalue weighted by molar-refractivity contribution is -0.142. The number of carbonyl (C=O) groups is 1. The maximum Gasteiger partial charge on any atom is 0.345 e. The van der Waals surface area contributed by atoms with Gasteiger partial charge in [-0.05, 0) is 36.9 Å². The number of amidine groups is 1. The maximum absolute atomic E-state index is 12.5. The Bertz CT molecular complexity index is 905. The smallest absolute Gasteiger partial charge is 0.345 e. The van der Waals surface area contributed by atoms with Crippen LogP contribution in [0.25, 0.3) is 0 Å². The molecule has 0 aliphatic rings. The second-order valence-corrected chi connectivity index (χ2v) is 6.45. The van der Waals surface area contributed by atoms with E-state index in [2.05, 4.69) is 15.0 Å². The van der Waals surface area contributed by atoms with Gasteiger partial charge in [0.2, 0.25) is 0 Å². The molecule has 0 saturated heterocycles. The van der Waals surface area contributed by atoms with Gasteiger partial charge in [-0.3, -0.25) is 4.79 Å². The van der Waals surface area contributed by atoms with Gasteiger partial charge < -0.3 is 25.3 Å². The van der Waals surface area contributed by atoms with E-state index in [9.17, 15) is 13.6 Å². The minimum Gasteiger partial charge on any atom is -0.489 e. The standard InChI is InChI=1S/C22H25F2N3O4/c1-15(13-30-22(23)24)31-19-11-17(21(28)27-20(25)8-9-26-2)10-18(12-19)29-14-16-6-4-3-5-7-16/h3-12,15,22,26H,13-14H2,1-2H3,(H2,25,27,28)/b9-8-/t15-/m0/s1. The summed E-state index contributed by atoms with van der Waals surface area (Å²) in [5.41, 5.74) is 6.81. The van der Waals surface area contributed by atoms with E-state index in [0.717, 1.165) is 5.56 Å². The van der Waals surface area contributed by atoms with Crippen LogP contribution in [0.4, 0.5) is 8.78 Å². The normalized spacial score (nSPS) is 12.7. The van der Waals surface area contributed by atoms with Crippen LogP contribution in [0.1, 0.15) is 22.8 Å². The highest BCUT2D eigenvalue weighted by Crippen LogP contribution is 2.25. The van der Waals surface area contributed by atoms with Gasteiger partial charge >= 0.3 is 6.61 Å². The fourth-order valence-corrected chi connectivity index (χ4v) is 2.45. The van der Waals surface area contributed by atoms with Crippen LogP contribution < -0.4 is 20.5 Å². The van der Waals surface area contributed by atoms with E-state index in [1.807, 2.05) is 30.3 Å². The first-order chi connectivity index (χ1) is 14.9. The number of nitrogens with one attached hydrogen (secondary N) is 1. The van der Waals surface area contributed by atoms with Gasteiger partial charge in [0.15, 0.2) is 0 Å². The molecule has 31 heavy (non-hydrogen) atoms. The zero-order valence-electron chi connectivity index (χ0n) is 17.3. The van der Waals surface area contributed by atoms with Crippen molar-refractivity contribution in [2.45, 2.75) is 26.2 Å². The lowest BCUT2D eigenvalue weighted by Gasteiger charge is -2.16. The van der Waals surface area contributed by atoms with E-state index in [4.69, 9.17) is 15.2 Å². The molecule has 0 spiro atoms. The summed E-state index contributed by atoms with van der Waals surface area (Å²) in [6, 6.07) is 14.0. The van der Waals surface area contributed by atoms with Crippen LogP contribution in [0.15, 0.2) is 65.8 Å². The summed E-state index contributed by atoms with van der Waals surface area (Å²) in [4.78, 5) is 16.4. The average molecular weight is 433 g/mol. The first kappa shape index (κ1) is 23.8. The van der Waals surface area contributed by atoms with Gasteiger partial charge in [-0.15, -0.1) is 0 Å². The topological polar surface area (TPSA) is 95.2 Å². The molecule has 0 bridgehead atoms. The van der Waals surface area contributed by atoms with Crippen molar-refractivity contribution >= 4 is 11.7 Å². The van der Waals surface area contributed by atoms with Crippen molar-refractivity contribution in [2.75, 3.05) is 13.7 Å². The van der Waals surface area contributed by atoms with Crippen molar-refractivity contribution in [2.24, 2.45) is 10.7 Å². The van der Waals surface area contributed by atoms with Gasteiger partial charge in [0.25, 0.3) is 5.91 Å². The van der Waals surface area contributed by atoms with Crippen LogP contribution in [-0.4, -0.2) is 38.1 Å². The first-order valence-electron chi connectivity index (χ1n) is 9.48. The number of amides is 1. The third-order valence-electron chi connectivity index (χ3n) is 3.82. The molecule has 0 aromatic heterocycles. The summed E-state index contributed by atoms with van der Waals surface area (Å²) >= 11 is 0. The SMILES string of the molecule is CN/C=C\C(N)=NC(=O)c1cc(OCc2ccccc2)cc(O[C@@H](C)COC(F)F)c1.